The summed E-state index contributed by atoms with van der Waals surface area (Å²) >= 11 is 1.53. The Hall–Kier alpha value is -0.910. The Bertz CT molecular complexity index is 378. The van der Waals surface area contributed by atoms with Crippen molar-refractivity contribution in [3.05, 3.63) is 21.9 Å². The van der Waals surface area contributed by atoms with Gasteiger partial charge in [-0.15, -0.1) is 11.3 Å². The smallest absolute Gasteiger partial charge is 0.329 e. The predicted molar refractivity (Wildman–Crippen MR) is 66.4 cm³/mol. The number of hydrogen-bond acceptors (Lipinski definition) is 4. The monoisotopic (exact) mass is 258 g/mol. The van der Waals surface area contributed by atoms with Crippen LogP contribution in [0.1, 0.15) is 36.6 Å². The van der Waals surface area contributed by atoms with Gasteiger partial charge in [0.15, 0.2) is 0 Å². The van der Waals surface area contributed by atoms with Crippen molar-refractivity contribution < 1.29 is 19.7 Å². The zero-order valence-corrected chi connectivity index (χ0v) is 11.1. The highest BCUT2D eigenvalue weighted by atomic mass is 32.1. The first-order valence-electron chi connectivity index (χ1n) is 5.38. The van der Waals surface area contributed by atoms with E-state index < -0.39 is 12.1 Å². The molecule has 0 bridgehead atoms. The quantitative estimate of drug-likeness (QED) is 0.849. The molecule has 1 unspecified atom stereocenters. The van der Waals surface area contributed by atoms with Gasteiger partial charge in [0, 0.05) is 9.75 Å². The molecule has 4 nitrogen and oxygen atoms in total. The molecule has 1 aromatic rings. The Morgan fingerprint density at radius 2 is 2.12 bits per heavy atom. The van der Waals surface area contributed by atoms with Gasteiger partial charge in [0.2, 0.25) is 0 Å². The van der Waals surface area contributed by atoms with E-state index >= 15 is 0 Å². The van der Waals surface area contributed by atoms with Gasteiger partial charge >= 0.3 is 5.97 Å². The van der Waals surface area contributed by atoms with Gasteiger partial charge < -0.3 is 14.9 Å². The fraction of sp³-hybridized carbons (Fsp3) is 0.583. The Kier molecular flexibility index (Phi) is 4.68. The lowest BCUT2D eigenvalue weighted by atomic mass is 9.95. The van der Waals surface area contributed by atoms with Gasteiger partial charge in [-0.1, -0.05) is 20.8 Å². The van der Waals surface area contributed by atoms with Crippen molar-refractivity contribution in [2.75, 3.05) is 13.2 Å². The Labute approximate surface area is 105 Å². The second-order valence-electron chi connectivity index (χ2n) is 4.88. The van der Waals surface area contributed by atoms with Crippen LogP contribution in [0.2, 0.25) is 0 Å². The largest absolute Gasteiger partial charge is 0.480 e. The number of aliphatic hydroxyl groups excluding tert-OH is 1. The summed E-state index contributed by atoms with van der Waals surface area (Å²) in [5.74, 6) is -1.03. The summed E-state index contributed by atoms with van der Waals surface area (Å²) in [5, 5.41) is 18.2. The third-order valence-corrected chi connectivity index (χ3v) is 3.81. The topological polar surface area (TPSA) is 66.8 Å². The van der Waals surface area contributed by atoms with Crippen LogP contribution in [0.4, 0.5) is 0 Å². The molecule has 2 N–H and O–H groups in total. The maximum Gasteiger partial charge on any atom is 0.329 e. The average molecular weight is 258 g/mol. The van der Waals surface area contributed by atoms with E-state index in [0.717, 1.165) is 4.88 Å². The Morgan fingerprint density at radius 1 is 1.47 bits per heavy atom. The molecule has 1 atom stereocenters. The minimum atomic E-state index is -1.03. The number of hydrogen-bond donors (Lipinski definition) is 2. The zero-order valence-electron chi connectivity index (χ0n) is 10.3. The lowest BCUT2D eigenvalue weighted by molar-refractivity contribution is -0.143. The third-order valence-electron chi connectivity index (χ3n) is 2.20. The number of rotatable bonds is 5. The third kappa shape index (κ3) is 4.46. The van der Waals surface area contributed by atoms with Gasteiger partial charge in [0.1, 0.15) is 12.7 Å². The summed E-state index contributed by atoms with van der Waals surface area (Å²) in [6, 6.07) is 3.85. The second kappa shape index (κ2) is 5.62. The molecule has 0 fully saturated rings. The molecule has 0 aromatic carbocycles. The number of thiophene rings is 1. The van der Waals surface area contributed by atoms with Crippen LogP contribution >= 0.6 is 11.3 Å². The fourth-order valence-electron chi connectivity index (χ4n) is 1.28. The van der Waals surface area contributed by atoms with E-state index in [2.05, 4.69) is 20.8 Å². The molecule has 1 rings (SSSR count). The number of aliphatic hydroxyl groups is 1. The summed E-state index contributed by atoms with van der Waals surface area (Å²) in [6.07, 6.45) is -0.754. The van der Waals surface area contributed by atoms with Gasteiger partial charge in [0.05, 0.1) is 6.61 Å². The first kappa shape index (κ1) is 14.2. The molecular weight excluding hydrogens is 240 g/mol. The lowest BCUT2D eigenvalue weighted by Crippen LogP contribution is -2.12. The fourth-order valence-corrected chi connectivity index (χ4v) is 2.31. The predicted octanol–water partition coefficient (Wildman–Crippen LogP) is 2.18. The van der Waals surface area contributed by atoms with Crippen LogP contribution in [0.3, 0.4) is 0 Å². The van der Waals surface area contributed by atoms with E-state index in [9.17, 15) is 9.90 Å². The summed E-state index contributed by atoms with van der Waals surface area (Å²) < 4.78 is 4.86. The Morgan fingerprint density at radius 3 is 2.59 bits per heavy atom. The number of carboxylic acids is 1. The zero-order chi connectivity index (χ0) is 13.1. The van der Waals surface area contributed by atoms with Crippen LogP contribution < -0.4 is 0 Å². The van der Waals surface area contributed by atoms with Crippen LogP contribution in [0.15, 0.2) is 12.1 Å². The van der Waals surface area contributed by atoms with Crippen LogP contribution in [0.5, 0.6) is 0 Å². The lowest BCUT2D eigenvalue weighted by Gasteiger charge is -2.15. The molecule has 5 heteroatoms. The van der Waals surface area contributed by atoms with Crippen LogP contribution in [-0.4, -0.2) is 29.4 Å². The molecule has 0 saturated heterocycles. The molecule has 1 aromatic heterocycles. The number of aliphatic carboxylic acids is 1. The van der Waals surface area contributed by atoms with Crippen molar-refractivity contribution in [3.8, 4) is 0 Å². The van der Waals surface area contributed by atoms with E-state index in [0.29, 0.717) is 0 Å². The van der Waals surface area contributed by atoms with Crippen molar-refractivity contribution in [2.24, 2.45) is 0 Å². The van der Waals surface area contributed by atoms with Crippen molar-refractivity contribution in [2.45, 2.75) is 32.3 Å². The molecule has 0 aliphatic heterocycles. The molecule has 0 spiro atoms. The van der Waals surface area contributed by atoms with Crippen LogP contribution in [0.25, 0.3) is 0 Å². The van der Waals surface area contributed by atoms with E-state index in [-0.39, 0.29) is 18.6 Å². The number of ether oxygens (including phenoxy) is 1. The summed E-state index contributed by atoms with van der Waals surface area (Å²) in [7, 11) is 0. The maximum atomic E-state index is 10.2. The van der Waals surface area contributed by atoms with Gasteiger partial charge in [-0.3, -0.25) is 0 Å². The first-order chi connectivity index (χ1) is 7.80. The SMILES string of the molecule is CC(C)(C)c1ccc(C(O)COCC(=O)O)s1. The van der Waals surface area contributed by atoms with E-state index in [1.54, 1.807) is 0 Å². The molecule has 0 radical (unpaired) electrons. The number of carboxylic acid groups (broad SMARTS) is 1. The maximum absolute atomic E-state index is 10.2. The molecule has 0 aliphatic carbocycles. The van der Waals surface area contributed by atoms with Crippen molar-refractivity contribution in [1.29, 1.82) is 0 Å². The van der Waals surface area contributed by atoms with E-state index in [4.69, 9.17) is 9.84 Å². The van der Waals surface area contributed by atoms with Crippen molar-refractivity contribution in [3.63, 3.8) is 0 Å². The van der Waals surface area contributed by atoms with Gasteiger partial charge in [0.25, 0.3) is 0 Å². The van der Waals surface area contributed by atoms with Crippen LogP contribution in [0, 0.1) is 0 Å². The minimum absolute atomic E-state index is 0.0103. The van der Waals surface area contributed by atoms with Crippen LogP contribution in [-0.2, 0) is 14.9 Å². The molecule has 0 aliphatic rings. The summed E-state index contributed by atoms with van der Waals surface area (Å²) in [6.45, 7) is 5.95. The average Bonchev–Trinajstić information content (AvgIpc) is 2.64. The molecular formula is C12H18O4S. The highest BCUT2D eigenvalue weighted by Gasteiger charge is 2.18. The summed E-state index contributed by atoms with van der Waals surface area (Å²) in [4.78, 5) is 12.2. The van der Waals surface area contributed by atoms with Crippen molar-refractivity contribution in [1.82, 2.24) is 0 Å². The van der Waals surface area contributed by atoms with Gasteiger partial charge in [-0.2, -0.15) is 0 Å². The van der Waals surface area contributed by atoms with Crippen molar-refractivity contribution >= 4 is 17.3 Å². The Balaban J connectivity index is 2.55. The molecule has 96 valence electrons. The molecule has 1 heterocycles. The second-order valence-corrected chi connectivity index (χ2v) is 5.99. The molecule has 17 heavy (non-hydrogen) atoms. The summed E-state index contributed by atoms with van der Waals surface area (Å²) in [5.41, 5.74) is 0.0601. The van der Waals surface area contributed by atoms with E-state index in [1.165, 1.54) is 16.2 Å². The number of carbonyl (C=O) groups is 1. The minimum Gasteiger partial charge on any atom is -0.480 e. The normalized spacial score (nSPS) is 13.6. The van der Waals surface area contributed by atoms with Gasteiger partial charge in [-0.05, 0) is 17.5 Å². The van der Waals surface area contributed by atoms with E-state index in [1.807, 2.05) is 12.1 Å². The first-order valence-corrected chi connectivity index (χ1v) is 6.20. The van der Waals surface area contributed by atoms with Gasteiger partial charge in [-0.25, -0.2) is 4.79 Å². The molecule has 0 saturated carbocycles. The highest BCUT2D eigenvalue weighted by Crippen LogP contribution is 2.32. The molecule has 0 amide bonds. The standard InChI is InChI=1S/C12H18O4S/c1-12(2,3)10-5-4-9(17-10)8(13)6-16-7-11(14)15/h4-5,8,13H,6-7H2,1-3H3,(H,14,15). The highest BCUT2D eigenvalue weighted by molar-refractivity contribution is 7.12.